The Balaban J connectivity index is 1.71. The highest BCUT2D eigenvalue weighted by atomic mass is 35.5. The van der Waals surface area contributed by atoms with Gasteiger partial charge in [-0.15, -0.1) is 0 Å². The van der Waals surface area contributed by atoms with E-state index in [4.69, 9.17) is 11.6 Å². The fraction of sp³-hybridized carbons (Fsp3) is 0.435. The summed E-state index contributed by atoms with van der Waals surface area (Å²) in [5.41, 5.74) is 2.52. The third-order valence-electron chi connectivity index (χ3n) is 5.77. The zero-order chi connectivity index (χ0) is 21.9. The van der Waals surface area contributed by atoms with Gasteiger partial charge in [0, 0.05) is 18.1 Å². The van der Waals surface area contributed by atoms with Crippen molar-refractivity contribution in [1.82, 2.24) is 4.90 Å². The van der Waals surface area contributed by atoms with Crippen molar-refractivity contribution < 1.29 is 13.2 Å². The monoisotopic (exact) mass is 448 g/mol. The molecule has 1 amide bonds. The summed E-state index contributed by atoms with van der Waals surface area (Å²) >= 11 is 6.11. The second-order valence-corrected chi connectivity index (χ2v) is 10.4. The van der Waals surface area contributed by atoms with Crippen LogP contribution >= 0.6 is 11.6 Å². The van der Waals surface area contributed by atoms with Gasteiger partial charge in [-0.05, 0) is 62.3 Å². The van der Waals surface area contributed by atoms with Crippen LogP contribution in [0.5, 0.6) is 0 Å². The molecule has 3 rings (SSSR count). The molecule has 30 heavy (non-hydrogen) atoms. The fourth-order valence-electron chi connectivity index (χ4n) is 4.16. The molecular formula is C23H29ClN2O3S. The first-order valence-corrected chi connectivity index (χ1v) is 12.5. The number of anilines is 1. The van der Waals surface area contributed by atoms with Gasteiger partial charge in [0.15, 0.2) is 0 Å². The lowest BCUT2D eigenvalue weighted by atomic mass is 9.90. The number of aryl methyl sites for hydroxylation is 1. The molecule has 1 heterocycles. The number of hydrogen-bond acceptors (Lipinski definition) is 3. The summed E-state index contributed by atoms with van der Waals surface area (Å²) in [5, 5.41) is 0.436. The summed E-state index contributed by atoms with van der Waals surface area (Å²) < 4.78 is 26.4. The van der Waals surface area contributed by atoms with E-state index in [1.165, 1.54) is 9.87 Å². The number of amides is 1. The minimum Gasteiger partial charge on any atom is -0.341 e. The van der Waals surface area contributed by atoms with Gasteiger partial charge in [-0.3, -0.25) is 9.10 Å². The van der Waals surface area contributed by atoms with Crippen LogP contribution in [-0.4, -0.2) is 44.6 Å². The lowest BCUT2D eigenvalue weighted by Gasteiger charge is -2.37. The Morgan fingerprint density at radius 2 is 1.80 bits per heavy atom. The topological polar surface area (TPSA) is 57.7 Å². The Morgan fingerprint density at radius 3 is 2.40 bits per heavy atom. The molecule has 0 aliphatic carbocycles. The normalized spacial score (nSPS) is 16.3. The number of hydrogen-bond donors (Lipinski definition) is 0. The molecule has 2 aromatic rings. The minimum atomic E-state index is -3.66. The van der Waals surface area contributed by atoms with Crippen molar-refractivity contribution >= 4 is 33.2 Å². The van der Waals surface area contributed by atoms with E-state index >= 15 is 0 Å². The number of nitrogens with zero attached hydrogens (tertiary/aromatic N) is 2. The summed E-state index contributed by atoms with van der Waals surface area (Å²) in [4.78, 5) is 15.0. The van der Waals surface area contributed by atoms with Gasteiger partial charge >= 0.3 is 0 Å². The predicted octanol–water partition coefficient (Wildman–Crippen LogP) is 4.28. The molecule has 0 bridgehead atoms. The minimum absolute atomic E-state index is 0.169. The van der Waals surface area contributed by atoms with Crippen LogP contribution in [0.3, 0.4) is 0 Å². The largest absolute Gasteiger partial charge is 0.341 e. The van der Waals surface area contributed by atoms with Crippen LogP contribution < -0.4 is 4.31 Å². The Hall–Kier alpha value is -2.05. The van der Waals surface area contributed by atoms with E-state index in [0.29, 0.717) is 29.7 Å². The second-order valence-electron chi connectivity index (χ2n) is 8.12. The van der Waals surface area contributed by atoms with Crippen LogP contribution in [-0.2, 0) is 21.2 Å². The highest BCUT2D eigenvalue weighted by Gasteiger charge is 2.34. The quantitative estimate of drug-likeness (QED) is 0.662. The second kappa shape index (κ2) is 9.40. The van der Waals surface area contributed by atoms with Gasteiger partial charge in [0.1, 0.15) is 6.04 Å². The Kier molecular flexibility index (Phi) is 7.09. The molecule has 2 aromatic carbocycles. The molecule has 1 aliphatic heterocycles. The van der Waals surface area contributed by atoms with Crippen molar-refractivity contribution in [2.45, 2.75) is 39.2 Å². The average Bonchev–Trinajstić information content (AvgIpc) is 2.70. The average molecular weight is 449 g/mol. The molecule has 1 aliphatic rings. The number of benzene rings is 2. The van der Waals surface area contributed by atoms with Crippen molar-refractivity contribution in [1.29, 1.82) is 0 Å². The third-order valence-corrected chi connectivity index (χ3v) is 7.23. The van der Waals surface area contributed by atoms with E-state index in [1.807, 2.05) is 25.1 Å². The lowest BCUT2D eigenvalue weighted by Crippen LogP contribution is -2.51. The maximum atomic E-state index is 13.2. The number of rotatable bonds is 6. The molecule has 1 unspecified atom stereocenters. The third kappa shape index (κ3) is 5.35. The van der Waals surface area contributed by atoms with Crippen LogP contribution in [0.1, 0.15) is 30.9 Å². The molecule has 0 aromatic heterocycles. The van der Waals surface area contributed by atoms with Gasteiger partial charge in [0.25, 0.3) is 0 Å². The number of sulfonamides is 1. The smallest absolute Gasteiger partial charge is 0.246 e. The Morgan fingerprint density at radius 1 is 1.17 bits per heavy atom. The molecule has 7 heteroatoms. The summed E-state index contributed by atoms with van der Waals surface area (Å²) in [7, 11) is -3.66. The molecule has 0 radical (unpaired) electrons. The molecule has 0 spiro atoms. The van der Waals surface area contributed by atoms with Crippen LogP contribution in [0.25, 0.3) is 0 Å². The molecule has 1 fully saturated rings. The number of piperidine rings is 1. The molecule has 0 N–H and O–H groups in total. The maximum absolute atomic E-state index is 13.2. The number of carbonyl (C=O) groups is 1. The first kappa shape index (κ1) is 22.6. The van der Waals surface area contributed by atoms with Crippen LogP contribution in [0.2, 0.25) is 5.02 Å². The van der Waals surface area contributed by atoms with Gasteiger partial charge in [0.05, 0.1) is 11.9 Å². The molecule has 162 valence electrons. The standard InChI is InChI=1S/C23H29ClN2O3S/c1-17-9-10-21(24)16-22(17)26(30(3,28)29)18(2)23(27)25-13-11-20(12-14-25)15-19-7-5-4-6-8-19/h4-10,16,18,20H,11-15H2,1-3H3. The highest BCUT2D eigenvalue weighted by molar-refractivity contribution is 7.92. The fourth-order valence-corrected chi connectivity index (χ4v) is 5.55. The van der Waals surface area contributed by atoms with Gasteiger partial charge in [-0.2, -0.15) is 0 Å². The van der Waals surface area contributed by atoms with E-state index in [1.54, 1.807) is 30.0 Å². The first-order valence-electron chi connectivity index (χ1n) is 10.2. The van der Waals surface area contributed by atoms with Crippen molar-refractivity contribution in [3.05, 3.63) is 64.7 Å². The Labute approximate surface area is 184 Å². The first-order chi connectivity index (χ1) is 14.2. The van der Waals surface area contributed by atoms with Crippen molar-refractivity contribution in [3.8, 4) is 0 Å². The van der Waals surface area contributed by atoms with E-state index in [-0.39, 0.29) is 5.91 Å². The van der Waals surface area contributed by atoms with E-state index in [2.05, 4.69) is 12.1 Å². The molecule has 0 saturated carbocycles. The molecule has 1 atom stereocenters. The van der Waals surface area contributed by atoms with Gasteiger partial charge in [-0.25, -0.2) is 8.42 Å². The summed E-state index contributed by atoms with van der Waals surface area (Å²) in [6.45, 7) is 4.76. The summed E-state index contributed by atoms with van der Waals surface area (Å²) in [6, 6.07) is 14.6. The highest BCUT2D eigenvalue weighted by Crippen LogP contribution is 2.29. The van der Waals surface area contributed by atoms with Crippen molar-refractivity contribution in [2.24, 2.45) is 5.92 Å². The van der Waals surface area contributed by atoms with Gasteiger partial charge < -0.3 is 4.90 Å². The molecule has 5 nitrogen and oxygen atoms in total. The van der Waals surface area contributed by atoms with Gasteiger partial charge in [0.2, 0.25) is 15.9 Å². The van der Waals surface area contributed by atoms with E-state index < -0.39 is 16.1 Å². The lowest BCUT2D eigenvalue weighted by molar-refractivity contribution is -0.133. The van der Waals surface area contributed by atoms with Crippen LogP contribution in [0.4, 0.5) is 5.69 Å². The number of likely N-dealkylation sites (tertiary alicyclic amines) is 1. The van der Waals surface area contributed by atoms with E-state index in [0.717, 1.165) is 31.1 Å². The summed E-state index contributed by atoms with van der Waals surface area (Å²) in [5.74, 6) is 0.367. The molecular weight excluding hydrogens is 420 g/mol. The van der Waals surface area contributed by atoms with Crippen LogP contribution in [0.15, 0.2) is 48.5 Å². The predicted molar refractivity (Wildman–Crippen MR) is 122 cm³/mol. The van der Waals surface area contributed by atoms with Crippen molar-refractivity contribution in [2.75, 3.05) is 23.7 Å². The van der Waals surface area contributed by atoms with Crippen LogP contribution in [0, 0.1) is 12.8 Å². The number of halogens is 1. The number of carbonyl (C=O) groups excluding carboxylic acids is 1. The zero-order valence-electron chi connectivity index (χ0n) is 17.7. The van der Waals surface area contributed by atoms with E-state index in [9.17, 15) is 13.2 Å². The van der Waals surface area contributed by atoms with Gasteiger partial charge in [-0.1, -0.05) is 48.0 Å². The summed E-state index contributed by atoms with van der Waals surface area (Å²) in [6.07, 6.45) is 3.98. The molecule has 1 saturated heterocycles. The Bertz CT molecular complexity index is 987. The van der Waals surface area contributed by atoms with Crippen molar-refractivity contribution in [3.63, 3.8) is 0 Å². The SMILES string of the molecule is Cc1ccc(Cl)cc1N(C(C)C(=O)N1CCC(Cc2ccccc2)CC1)S(C)(=O)=O. The maximum Gasteiger partial charge on any atom is 0.246 e. The zero-order valence-corrected chi connectivity index (χ0v) is 19.3.